The maximum absolute atomic E-state index is 6.31. The van der Waals surface area contributed by atoms with Gasteiger partial charge in [0.05, 0.1) is 12.7 Å². The number of halogens is 1. The lowest BCUT2D eigenvalue weighted by molar-refractivity contribution is -0.0949. The van der Waals surface area contributed by atoms with Crippen molar-refractivity contribution in [2.45, 2.75) is 43.9 Å². The second kappa shape index (κ2) is 4.51. The normalized spacial score (nSPS) is 35.1. The van der Waals surface area contributed by atoms with Crippen LogP contribution >= 0.6 is 15.9 Å². The van der Waals surface area contributed by atoms with Crippen LogP contribution in [-0.2, 0) is 4.74 Å². The van der Waals surface area contributed by atoms with Gasteiger partial charge in [-0.05, 0) is 19.1 Å². The molecule has 1 aromatic rings. The Morgan fingerprint density at radius 3 is 3.00 bits per heavy atom. The van der Waals surface area contributed by atoms with E-state index in [4.69, 9.17) is 15.2 Å². The van der Waals surface area contributed by atoms with E-state index in [9.17, 15) is 0 Å². The van der Waals surface area contributed by atoms with Gasteiger partial charge in [0.1, 0.15) is 11.4 Å². The molecule has 1 saturated heterocycles. The Morgan fingerprint density at radius 1 is 1.39 bits per heavy atom. The topological polar surface area (TPSA) is 44.5 Å². The highest BCUT2D eigenvalue weighted by molar-refractivity contribution is 9.10. The molecule has 2 N–H and O–H groups in total. The van der Waals surface area contributed by atoms with Gasteiger partial charge in [-0.1, -0.05) is 22.0 Å². The summed E-state index contributed by atoms with van der Waals surface area (Å²) in [7, 11) is 0. The first-order chi connectivity index (χ1) is 8.58. The minimum Gasteiger partial charge on any atom is -0.487 e. The minimum atomic E-state index is -0.134. The molecule has 3 atom stereocenters. The summed E-state index contributed by atoms with van der Waals surface area (Å²) < 4.78 is 12.9. The number of ether oxygens (including phenoxy) is 2. The van der Waals surface area contributed by atoms with Crippen molar-refractivity contribution in [3.8, 4) is 5.75 Å². The first-order valence-corrected chi connectivity index (χ1v) is 7.23. The number of benzene rings is 1. The van der Waals surface area contributed by atoms with E-state index in [0.29, 0.717) is 0 Å². The summed E-state index contributed by atoms with van der Waals surface area (Å²) >= 11 is 3.49. The first-order valence-electron chi connectivity index (χ1n) is 6.44. The van der Waals surface area contributed by atoms with E-state index < -0.39 is 0 Å². The van der Waals surface area contributed by atoms with Crippen LogP contribution in [0.15, 0.2) is 22.7 Å². The van der Waals surface area contributed by atoms with Gasteiger partial charge in [-0.25, -0.2) is 0 Å². The van der Waals surface area contributed by atoms with E-state index in [-0.39, 0.29) is 17.7 Å². The summed E-state index contributed by atoms with van der Waals surface area (Å²) in [6.45, 7) is 2.86. The van der Waals surface area contributed by atoms with Crippen LogP contribution in [0.5, 0.6) is 5.75 Å². The van der Waals surface area contributed by atoms with Gasteiger partial charge in [-0.2, -0.15) is 0 Å². The van der Waals surface area contributed by atoms with Gasteiger partial charge in [0.2, 0.25) is 0 Å². The predicted molar refractivity (Wildman–Crippen MR) is 73.7 cm³/mol. The van der Waals surface area contributed by atoms with Gasteiger partial charge in [-0.15, -0.1) is 0 Å². The average molecular weight is 312 g/mol. The molecule has 1 aromatic carbocycles. The molecule has 2 aliphatic heterocycles. The summed E-state index contributed by atoms with van der Waals surface area (Å²) in [4.78, 5) is 0. The Balaban J connectivity index is 1.94. The Labute approximate surface area is 116 Å². The van der Waals surface area contributed by atoms with Gasteiger partial charge in [0.15, 0.2) is 0 Å². The maximum Gasteiger partial charge on any atom is 0.126 e. The fraction of sp³-hybridized carbons (Fsp3) is 0.571. The van der Waals surface area contributed by atoms with Crippen molar-refractivity contribution >= 4 is 15.9 Å². The highest BCUT2D eigenvalue weighted by atomic mass is 79.9. The number of hydrogen-bond donors (Lipinski definition) is 1. The maximum atomic E-state index is 6.31. The number of rotatable bonds is 0. The van der Waals surface area contributed by atoms with Crippen molar-refractivity contribution in [3.63, 3.8) is 0 Å². The van der Waals surface area contributed by atoms with E-state index in [1.807, 2.05) is 12.1 Å². The van der Waals surface area contributed by atoms with Crippen LogP contribution < -0.4 is 10.5 Å². The fourth-order valence-corrected chi connectivity index (χ4v) is 3.44. The van der Waals surface area contributed by atoms with Gasteiger partial charge >= 0.3 is 0 Å². The van der Waals surface area contributed by atoms with Crippen molar-refractivity contribution < 1.29 is 9.47 Å². The Bertz CT molecular complexity index is 465. The summed E-state index contributed by atoms with van der Waals surface area (Å²) in [6, 6.07) is 6.16. The lowest BCUT2D eigenvalue weighted by Crippen LogP contribution is -2.49. The molecule has 3 rings (SSSR count). The van der Waals surface area contributed by atoms with Crippen LogP contribution in [0.3, 0.4) is 0 Å². The molecular formula is C14H18BrNO2. The highest BCUT2D eigenvalue weighted by Gasteiger charge is 2.43. The van der Waals surface area contributed by atoms with Crippen LogP contribution in [-0.4, -0.2) is 18.3 Å². The molecule has 0 saturated carbocycles. The largest absolute Gasteiger partial charge is 0.487 e. The van der Waals surface area contributed by atoms with Crippen molar-refractivity contribution in [2.24, 2.45) is 5.73 Å². The lowest BCUT2D eigenvalue weighted by Gasteiger charge is -2.45. The van der Waals surface area contributed by atoms with Gasteiger partial charge < -0.3 is 15.2 Å². The molecule has 1 spiro atoms. The van der Waals surface area contributed by atoms with Crippen molar-refractivity contribution in [1.29, 1.82) is 0 Å². The summed E-state index contributed by atoms with van der Waals surface area (Å²) in [5.41, 5.74) is 7.29. The van der Waals surface area contributed by atoms with Crippen LogP contribution in [0.2, 0.25) is 0 Å². The molecule has 0 bridgehead atoms. The third-order valence-corrected chi connectivity index (χ3v) is 4.41. The van der Waals surface area contributed by atoms with Crippen molar-refractivity contribution in [3.05, 3.63) is 28.2 Å². The molecular weight excluding hydrogens is 294 g/mol. The molecule has 98 valence electrons. The molecule has 0 amide bonds. The fourth-order valence-electron chi connectivity index (χ4n) is 3.10. The third-order valence-electron chi connectivity index (χ3n) is 3.91. The number of hydrogen-bond acceptors (Lipinski definition) is 3. The van der Waals surface area contributed by atoms with E-state index >= 15 is 0 Å². The van der Waals surface area contributed by atoms with E-state index in [2.05, 4.69) is 28.9 Å². The Hall–Kier alpha value is -0.580. The molecule has 4 heteroatoms. The Morgan fingerprint density at radius 2 is 2.22 bits per heavy atom. The van der Waals surface area contributed by atoms with Crippen LogP contribution in [0, 0.1) is 0 Å². The van der Waals surface area contributed by atoms with E-state index in [1.54, 1.807) is 0 Å². The second-order valence-electron chi connectivity index (χ2n) is 5.41. The minimum absolute atomic E-state index is 0.0622. The van der Waals surface area contributed by atoms with Crippen LogP contribution in [0.4, 0.5) is 0 Å². The second-order valence-corrected chi connectivity index (χ2v) is 6.33. The zero-order valence-electron chi connectivity index (χ0n) is 10.5. The molecule has 0 aromatic heterocycles. The van der Waals surface area contributed by atoms with Gasteiger partial charge in [0, 0.05) is 35.3 Å². The molecule has 2 unspecified atom stereocenters. The van der Waals surface area contributed by atoms with Crippen LogP contribution in [0.25, 0.3) is 0 Å². The van der Waals surface area contributed by atoms with Crippen LogP contribution in [0.1, 0.15) is 37.8 Å². The molecule has 2 aliphatic rings. The molecule has 0 aliphatic carbocycles. The van der Waals surface area contributed by atoms with Gasteiger partial charge in [0.25, 0.3) is 0 Å². The number of fused-ring (bicyclic) bond motifs is 1. The zero-order chi connectivity index (χ0) is 12.8. The number of nitrogens with two attached hydrogens (primary N) is 1. The standard InChI is InChI=1S/C14H18BrNO2/c1-9-7-14(4-5-17-9)8-12(16)11-3-2-10(15)6-13(11)18-14/h2-3,6,9,12H,4-5,7-8,16H2,1H3/t9?,12-,14?/m1/s1. The summed E-state index contributed by atoms with van der Waals surface area (Å²) in [5, 5.41) is 0. The third kappa shape index (κ3) is 2.17. The first kappa shape index (κ1) is 12.5. The van der Waals surface area contributed by atoms with E-state index in [0.717, 1.165) is 41.7 Å². The quantitative estimate of drug-likeness (QED) is 0.800. The van der Waals surface area contributed by atoms with Gasteiger partial charge in [-0.3, -0.25) is 0 Å². The SMILES string of the molecule is CC1CC2(CCO1)C[C@@H](N)c1ccc(Br)cc1O2. The summed E-state index contributed by atoms with van der Waals surface area (Å²) in [6.07, 6.45) is 2.98. The lowest BCUT2D eigenvalue weighted by atomic mass is 9.80. The van der Waals surface area contributed by atoms with E-state index in [1.165, 1.54) is 0 Å². The molecule has 1 fully saturated rings. The zero-order valence-corrected chi connectivity index (χ0v) is 12.1. The molecule has 18 heavy (non-hydrogen) atoms. The van der Waals surface area contributed by atoms with Crippen molar-refractivity contribution in [2.75, 3.05) is 6.61 Å². The average Bonchev–Trinajstić information content (AvgIpc) is 2.27. The smallest absolute Gasteiger partial charge is 0.126 e. The Kier molecular flexibility index (Phi) is 3.12. The molecule has 0 radical (unpaired) electrons. The van der Waals surface area contributed by atoms with Crippen molar-refractivity contribution in [1.82, 2.24) is 0 Å². The molecule has 3 nitrogen and oxygen atoms in total. The monoisotopic (exact) mass is 311 g/mol. The molecule has 2 heterocycles. The highest BCUT2D eigenvalue weighted by Crippen LogP contribution is 2.44. The summed E-state index contributed by atoms with van der Waals surface area (Å²) in [5.74, 6) is 0.928. The predicted octanol–water partition coefficient (Wildman–Crippen LogP) is 3.17.